The summed E-state index contributed by atoms with van der Waals surface area (Å²) in [4.78, 5) is 20.4. The van der Waals surface area contributed by atoms with Crippen LogP contribution in [0, 0.1) is 17.3 Å². The summed E-state index contributed by atoms with van der Waals surface area (Å²) in [5.74, 6) is 6.81. The second-order valence-corrected chi connectivity index (χ2v) is 7.53. The molecule has 1 aromatic heterocycles. The molecule has 35 heavy (non-hydrogen) atoms. The van der Waals surface area contributed by atoms with E-state index in [4.69, 9.17) is 10.1 Å². The van der Waals surface area contributed by atoms with E-state index in [1.165, 1.54) is 6.33 Å². The van der Waals surface area contributed by atoms with Crippen molar-refractivity contribution in [3.63, 3.8) is 0 Å². The van der Waals surface area contributed by atoms with Gasteiger partial charge >= 0.3 is 0 Å². The molecule has 0 aliphatic heterocycles. The highest BCUT2D eigenvalue weighted by Crippen LogP contribution is 2.22. The Labute approximate surface area is 203 Å². The fourth-order valence-electron chi connectivity index (χ4n) is 3.46. The highest BCUT2D eigenvalue weighted by Gasteiger charge is 2.16. The van der Waals surface area contributed by atoms with E-state index in [1.54, 1.807) is 13.1 Å². The van der Waals surface area contributed by atoms with E-state index in [0.717, 1.165) is 16.9 Å². The number of amides is 1. The zero-order chi connectivity index (χ0) is 24.5. The van der Waals surface area contributed by atoms with Gasteiger partial charge in [0, 0.05) is 17.3 Å². The van der Waals surface area contributed by atoms with Crippen LogP contribution in [0.5, 0.6) is 11.5 Å². The van der Waals surface area contributed by atoms with E-state index in [0.29, 0.717) is 35.1 Å². The number of aromatic nitrogens is 2. The van der Waals surface area contributed by atoms with Crippen molar-refractivity contribution in [3.8, 4) is 23.3 Å². The maximum atomic E-state index is 11.9. The summed E-state index contributed by atoms with van der Waals surface area (Å²) >= 11 is 0. The van der Waals surface area contributed by atoms with Gasteiger partial charge in [-0.15, -0.1) is 0 Å². The van der Waals surface area contributed by atoms with E-state index in [9.17, 15) is 4.79 Å². The Morgan fingerprint density at radius 1 is 1.00 bits per heavy atom. The number of carbonyl (C=O) groups is 1. The van der Waals surface area contributed by atoms with Crippen molar-refractivity contribution in [1.82, 2.24) is 9.97 Å². The minimum absolute atomic E-state index is 0.308. The van der Waals surface area contributed by atoms with Crippen LogP contribution in [0.4, 0.5) is 11.5 Å². The number of hydrogen-bond acceptors (Lipinski definition) is 5. The Balaban J connectivity index is 1.48. The molecule has 0 unspecified atom stereocenters. The van der Waals surface area contributed by atoms with Crippen LogP contribution in [-0.2, 0) is 11.3 Å². The highest BCUT2D eigenvalue weighted by molar-refractivity contribution is 6.12. The standard InChI is InChI=1S/C28H23N5O2/c1-2-8-26(34)33-25-12-7-6-9-21(25)17-31-28-24(18-30-19-32-28)27(29)20-13-15-23(16-14-20)35-22-10-4-3-5-11-22/h3-7,9-16,18-19,29H,17H2,1H3,(H,33,34)(H,30,31,32)/p+1. The molecule has 0 saturated carbocycles. The van der Waals surface area contributed by atoms with Gasteiger partial charge < -0.3 is 10.1 Å². The van der Waals surface area contributed by atoms with Crippen molar-refractivity contribution in [1.29, 1.82) is 5.41 Å². The van der Waals surface area contributed by atoms with Crippen molar-refractivity contribution in [2.75, 3.05) is 5.32 Å². The average molecular weight is 463 g/mol. The van der Waals surface area contributed by atoms with Crippen LogP contribution in [-0.4, -0.2) is 21.6 Å². The number of nitrogens with zero attached hydrogens (tertiary/aromatic N) is 2. The quantitative estimate of drug-likeness (QED) is 0.271. The minimum Gasteiger partial charge on any atom is -0.457 e. The van der Waals surface area contributed by atoms with Gasteiger partial charge in [-0.3, -0.25) is 15.5 Å². The van der Waals surface area contributed by atoms with Gasteiger partial charge in [-0.05, 0) is 55.3 Å². The van der Waals surface area contributed by atoms with Crippen LogP contribution in [0.15, 0.2) is 91.4 Å². The summed E-state index contributed by atoms with van der Waals surface area (Å²) in [6.45, 7) is 2.13. The van der Waals surface area contributed by atoms with Gasteiger partial charge in [-0.2, -0.15) is 4.98 Å². The third kappa shape index (κ3) is 6.16. The number of ether oxygens (including phenoxy) is 1. The van der Waals surface area contributed by atoms with Gasteiger partial charge in [0.2, 0.25) is 5.82 Å². The second-order valence-electron chi connectivity index (χ2n) is 7.53. The van der Waals surface area contributed by atoms with Crippen LogP contribution < -0.4 is 15.4 Å². The average Bonchev–Trinajstić information content (AvgIpc) is 2.89. The third-order valence-electron chi connectivity index (χ3n) is 5.15. The molecule has 172 valence electrons. The molecule has 0 aliphatic carbocycles. The van der Waals surface area contributed by atoms with Gasteiger partial charge in [0.1, 0.15) is 29.9 Å². The molecule has 0 fully saturated rings. The van der Waals surface area contributed by atoms with Crippen LogP contribution in [0.2, 0.25) is 0 Å². The number of nitrogens with one attached hydrogen (secondary N) is 2. The number of carbonyl (C=O) groups excluding carboxylic acids is 1. The number of nitrogens with two attached hydrogens (primary N) is 1. The number of para-hydroxylation sites is 2. The lowest BCUT2D eigenvalue weighted by Gasteiger charge is -2.11. The number of quaternary nitrogens is 1. The third-order valence-corrected chi connectivity index (χ3v) is 5.15. The topological polar surface area (TPSA) is 105 Å². The van der Waals surface area contributed by atoms with Crippen molar-refractivity contribution < 1.29 is 14.8 Å². The number of anilines is 1. The molecule has 3 aromatic carbocycles. The lowest BCUT2D eigenvalue weighted by Crippen LogP contribution is -2.77. The lowest BCUT2D eigenvalue weighted by molar-refractivity contribution is -0.592. The summed E-state index contributed by atoms with van der Waals surface area (Å²) < 4.78 is 5.84. The van der Waals surface area contributed by atoms with E-state index in [-0.39, 0.29) is 5.91 Å². The molecule has 0 saturated heterocycles. The number of hydrogen-bond donors (Lipinski definition) is 3. The van der Waals surface area contributed by atoms with Crippen LogP contribution in [0.3, 0.4) is 0 Å². The second kappa shape index (κ2) is 11.4. The molecule has 1 amide bonds. The summed E-state index contributed by atoms with van der Waals surface area (Å²) in [7, 11) is 0. The Kier molecular flexibility index (Phi) is 7.59. The van der Waals surface area contributed by atoms with Crippen molar-refractivity contribution in [3.05, 3.63) is 108 Å². The summed E-state index contributed by atoms with van der Waals surface area (Å²) in [5, 5.41) is 13.5. The van der Waals surface area contributed by atoms with Crippen molar-refractivity contribution in [2.24, 2.45) is 0 Å². The van der Waals surface area contributed by atoms with Crippen LogP contribution >= 0.6 is 0 Å². The van der Waals surface area contributed by atoms with Gasteiger partial charge in [-0.1, -0.05) is 42.3 Å². The monoisotopic (exact) mass is 462 g/mol. The lowest BCUT2D eigenvalue weighted by atomic mass is 10.0. The first kappa shape index (κ1) is 23.4. The summed E-state index contributed by atoms with van der Waals surface area (Å²) in [5.41, 5.74) is 3.25. The van der Waals surface area contributed by atoms with E-state index in [2.05, 4.69) is 27.1 Å². The van der Waals surface area contributed by atoms with Gasteiger partial charge in [0.25, 0.3) is 5.91 Å². The minimum atomic E-state index is -0.357. The molecule has 0 atom stereocenters. The van der Waals surface area contributed by atoms with Gasteiger partial charge in [0.15, 0.2) is 0 Å². The van der Waals surface area contributed by atoms with E-state index in [1.807, 2.05) is 84.2 Å². The maximum Gasteiger partial charge on any atom is 0.300 e. The molecular weight excluding hydrogens is 438 g/mol. The predicted molar refractivity (Wildman–Crippen MR) is 135 cm³/mol. The number of benzene rings is 3. The SMILES string of the molecule is CC#CC(=O)Nc1ccccc1C[NH2+]c1ncncc1C(=N)c1ccc(Oc2ccccc2)cc1. The zero-order valence-corrected chi connectivity index (χ0v) is 19.2. The normalized spacial score (nSPS) is 10.1. The molecule has 0 bridgehead atoms. The Morgan fingerprint density at radius 2 is 1.71 bits per heavy atom. The molecule has 7 nitrogen and oxygen atoms in total. The van der Waals surface area contributed by atoms with Crippen molar-refractivity contribution in [2.45, 2.75) is 13.5 Å². The molecule has 1 heterocycles. The molecule has 4 N–H and O–H groups in total. The molecule has 0 spiro atoms. The Morgan fingerprint density at radius 3 is 2.49 bits per heavy atom. The smallest absolute Gasteiger partial charge is 0.300 e. The zero-order valence-electron chi connectivity index (χ0n) is 19.2. The van der Waals surface area contributed by atoms with Crippen LogP contribution in [0.1, 0.15) is 23.6 Å². The first-order valence-corrected chi connectivity index (χ1v) is 11.0. The molecule has 4 rings (SSSR count). The first-order chi connectivity index (χ1) is 17.1. The highest BCUT2D eigenvalue weighted by atomic mass is 16.5. The van der Waals surface area contributed by atoms with Crippen molar-refractivity contribution >= 4 is 23.1 Å². The molecule has 7 heteroatoms. The maximum absolute atomic E-state index is 11.9. The molecular formula is C28H24N5O2+. The fourth-order valence-corrected chi connectivity index (χ4v) is 3.46. The molecule has 0 radical (unpaired) electrons. The summed E-state index contributed by atoms with van der Waals surface area (Å²) in [6.07, 6.45) is 3.10. The Hall–Kier alpha value is -4.80. The van der Waals surface area contributed by atoms with Gasteiger partial charge in [0.05, 0.1) is 11.4 Å². The predicted octanol–water partition coefficient (Wildman–Crippen LogP) is 4.04. The van der Waals surface area contributed by atoms with E-state index >= 15 is 0 Å². The largest absolute Gasteiger partial charge is 0.457 e. The Bertz CT molecular complexity index is 1390. The van der Waals surface area contributed by atoms with E-state index < -0.39 is 0 Å². The fraction of sp³-hybridized carbons (Fsp3) is 0.0714. The molecule has 4 aromatic rings. The first-order valence-electron chi connectivity index (χ1n) is 11.0. The summed E-state index contributed by atoms with van der Waals surface area (Å²) in [6, 6.07) is 24.4. The van der Waals surface area contributed by atoms with Gasteiger partial charge in [-0.25, -0.2) is 4.98 Å². The molecule has 0 aliphatic rings. The number of rotatable bonds is 8. The van der Waals surface area contributed by atoms with Crippen LogP contribution in [0.25, 0.3) is 0 Å².